The Morgan fingerprint density at radius 2 is 1.95 bits per heavy atom. The quantitative estimate of drug-likeness (QED) is 0.872. The van der Waals surface area contributed by atoms with Gasteiger partial charge in [-0.05, 0) is 30.9 Å². The van der Waals surface area contributed by atoms with Crippen molar-refractivity contribution < 1.29 is 18.0 Å². The summed E-state index contributed by atoms with van der Waals surface area (Å²) in [5.74, 6) is 0. The molecule has 1 aliphatic carbocycles. The van der Waals surface area contributed by atoms with Crippen molar-refractivity contribution in [2.45, 2.75) is 38.0 Å². The lowest BCUT2D eigenvalue weighted by Crippen LogP contribution is -2.45. The molecule has 1 aromatic carbocycles. The van der Waals surface area contributed by atoms with Gasteiger partial charge in [0.15, 0.2) is 0 Å². The minimum atomic E-state index is -4.40. The van der Waals surface area contributed by atoms with Crippen molar-refractivity contribution in [3.8, 4) is 0 Å². The number of carbonyl (C=O) groups is 1. The summed E-state index contributed by atoms with van der Waals surface area (Å²) < 4.78 is 38.2. The molecule has 1 saturated carbocycles. The lowest BCUT2D eigenvalue weighted by Gasteiger charge is -2.26. The van der Waals surface area contributed by atoms with Gasteiger partial charge in [-0.2, -0.15) is 13.2 Å². The maximum Gasteiger partial charge on any atom is 0.416 e. The SMILES string of the molecule is O=C(NCc1ccccc1C(F)(F)F)NC1CCC1. The van der Waals surface area contributed by atoms with Crippen molar-refractivity contribution in [3.05, 3.63) is 35.4 Å². The Hall–Kier alpha value is -1.72. The molecule has 0 saturated heterocycles. The Labute approximate surface area is 109 Å². The molecule has 6 heteroatoms. The third-order valence-corrected chi connectivity index (χ3v) is 3.20. The number of rotatable bonds is 3. The summed E-state index contributed by atoms with van der Waals surface area (Å²) in [5, 5.41) is 5.17. The second kappa shape index (κ2) is 5.50. The molecule has 104 valence electrons. The van der Waals surface area contributed by atoms with E-state index in [0.29, 0.717) is 0 Å². The van der Waals surface area contributed by atoms with Gasteiger partial charge in [-0.25, -0.2) is 4.79 Å². The van der Waals surface area contributed by atoms with Crippen LogP contribution >= 0.6 is 0 Å². The highest BCUT2D eigenvalue weighted by molar-refractivity contribution is 5.74. The van der Waals surface area contributed by atoms with Crippen LogP contribution in [0.15, 0.2) is 24.3 Å². The van der Waals surface area contributed by atoms with Gasteiger partial charge in [0.05, 0.1) is 5.56 Å². The zero-order valence-corrected chi connectivity index (χ0v) is 10.3. The highest BCUT2D eigenvalue weighted by Crippen LogP contribution is 2.31. The van der Waals surface area contributed by atoms with Crippen LogP contribution in [-0.2, 0) is 12.7 Å². The summed E-state index contributed by atoms with van der Waals surface area (Å²) in [5.41, 5.74) is -0.641. The number of hydrogen-bond acceptors (Lipinski definition) is 1. The summed E-state index contributed by atoms with van der Waals surface area (Å²) in [6.45, 7) is -0.131. The van der Waals surface area contributed by atoms with E-state index in [-0.39, 0.29) is 18.2 Å². The summed E-state index contributed by atoms with van der Waals surface area (Å²) >= 11 is 0. The molecular weight excluding hydrogens is 257 g/mol. The summed E-state index contributed by atoms with van der Waals surface area (Å²) in [4.78, 5) is 11.5. The Balaban J connectivity index is 1.93. The first-order chi connectivity index (χ1) is 8.97. The fourth-order valence-electron chi connectivity index (χ4n) is 1.92. The van der Waals surface area contributed by atoms with Crippen LogP contribution in [0.2, 0.25) is 0 Å². The first-order valence-corrected chi connectivity index (χ1v) is 6.16. The van der Waals surface area contributed by atoms with E-state index in [1.165, 1.54) is 18.2 Å². The standard InChI is InChI=1S/C13H15F3N2O/c14-13(15,16)11-7-2-1-4-9(11)8-17-12(19)18-10-5-3-6-10/h1-2,4,7,10H,3,5-6,8H2,(H2,17,18,19). The number of halogens is 3. The van der Waals surface area contributed by atoms with Gasteiger partial charge in [-0.3, -0.25) is 0 Å². The van der Waals surface area contributed by atoms with Crippen LogP contribution in [0, 0.1) is 0 Å². The molecule has 0 radical (unpaired) electrons. The number of benzene rings is 1. The Kier molecular flexibility index (Phi) is 3.97. The monoisotopic (exact) mass is 272 g/mol. The largest absolute Gasteiger partial charge is 0.416 e. The van der Waals surface area contributed by atoms with E-state index in [1.807, 2.05) is 0 Å². The van der Waals surface area contributed by atoms with Crippen LogP contribution < -0.4 is 10.6 Å². The third kappa shape index (κ3) is 3.62. The van der Waals surface area contributed by atoms with Crippen LogP contribution in [0.5, 0.6) is 0 Å². The Morgan fingerprint density at radius 3 is 2.53 bits per heavy atom. The molecule has 3 nitrogen and oxygen atoms in total. The number of urea groups is 1. The summed E-state index contributed by atoms with van der Waals surface area (Å²) in [6.07, 6.45) is -1.44. The maximum atomic E-state index is 12.7. The van der Waals surface area contributed by atoms with E-state index >= 15 is 0 Å². The molecule has 2 rings (SSSR count). The molecule has 0 aliphatic heterocycles. The van der Waals surface area contributed by atoms with Crippen LogP contribution in [0.25, 0.3) is 0 Å². The molecule has 0 aromatic heterocycles. The van der Waals surface area contributed by atoms with Crippen molar-refractivity contribution in [3.63, 3.8) is 0 Å². The molecule has 0 unspecified atom stereocenters. The molecule has 1 aromatic rings. The zero-order valence-electron chi connectivity index (χ0n) is 10.3. The maximum absolute atomic E-state index is 12.7. The number of alkyl halides is 3. The van der Waals surface area contributed by atoms with Gasteiger partial charge in [-0.1, -0.05) is 18.2 Å². The van der Waals surface area contributed by atoms with Gasteiger partial charge < -0.3 is 10.6 Å². The summed E-state index contributed by atoms with van der Waals surface area (Å²) in [6, 6.07) is 4.99. The minimum absolute atomic E-state index is 0.0683. The second-order valence-electron chi connectivity index (χ2n) is 4.61. The highest BCUT2D eigenvalue weighted by atomic mass is 19.4. The van der Waals surface area contributed by atoms with E-state index in [0.717, 1.165) is 25.3 Å². The Morgan fingerprint density at radius 1 is 1.26 bits per heavy atom. The number of nitrogens with one attached hydrogen (secondary N) is 2. The first kappa shape index (κ1) is 13.7. The third-order valence-electron chi connectivity index (χ3n) is 3.20. The first-order valence-electron chi connectivity index (χ1n) is 6.16. The molecule has 1 aliphatic rings. The molecule has 0 bridgehead atoms. The number of hydrogen-bond donors (Lipinski definition) is 2. The lowest BCUT2D eigenvalue weighted by molar-refractivity contribution is -0.138. The lowest BCUT2D eigenvalue weighted by atomic mass is 9.93. The Bertz CT molecular complexity index is 455. The van der Waals surface area contributed by atoms with Crippen molar-refractivity contribution in [1.82, 2.24) is 10.6 Å². The zero-order chi connectivity index (χ0) is 13.9. The second-order valence-corrected chi connectivity index (χ2v) is 4.61. The van der Waals surface area contributed by atoms with E-state index in [1.54, 1.807) is 0 Å². The van der Waals surface area contributed by atoms with Gasteiger partial charge in [0.2, 0.25) is 0 Å². The van der Waals surface area contributed by atoms with Crippen molar-refractivity contribution in [2.24, 2.45) is 0 Å². The fourth-order valence-corrected chi connectivity index (χ4v) is 1.92. The van der Waals surface area contributed by atoms with E-state index in [9.17, 15) is 18.0 Å². The normalized spacial score (nSPS) is 15.7. The van der Waals surface area contributed by atoms with Gasteiger partial charge in [-0.15, -0.1) is 0 Å². The minimum Gasteiger partial charge on any atom is -0.335 e. The average Bonchev–Trinajstić information content (AvgIpc) is 2.30. The molecule has 0 spiro atoms. The van der Waals surface area contributed by atoms with Crippen molar-refractivity contribution in [2.75, 3.05) is 0 Å². The van der Waals surface area contributed by atoms with Crippen LogP contribution in [0.1, 0.15) is 30.4 Å². The highest BCUT2D eigenvalue weighted by Gasteiger charge is 2.32. The van der Waals surface area contributed by atoms with Crippen LogP contribution in [-0.4, -0.2) is 12.1 Å². The molecule has 1 fully saturated rings. The molecule has 2 amide bonds. The number of carbonyl (C=O) groups excluding carboxylic acids is 1. The molecule has 0 atom stereocenters. The molecule has 19 heavy (non-hydrogen) atoms. The predicted octanol–water partition coefficient (Wildman–Crippen LogP) is 3.06. The van der Waals surface area contributed by atoms with Gasteiger partial charge >= 0.3 is 12.2 Å². The van der Waals surface area contributed by atoms with Gasteiger partial charge in [0.25, 0.3) is 0 Å². The van der Waals surface area contributed by atoms with Gasteiger partial charge in [0, 0.05) is 12.6 Å². The smallest absolute Gasteiger partial charge is 0.335 e. The average molecular weight is 272 g/mol. The van der Waals surface area contributed by atoms with Crippen molar-refractivity contribution in [1.29, 1.82) is 0 Å². The van der Waals surface area contributed by atoms with E-state index < -0.39 is 17.8 Å². The fraction of sp³-hybridized carbons (Fsp3) is 0.462. The van der Waals surface area contributed by atoms with Crippen LogP contribution in [0.3, 0.4) is 0 Å². The summed E-state index contributed by atoms with van der Waals surface area (Å²) in [7, 11) is 0. The topological polar surface area (TPSA) is 41.1 Å². The van der Waals surface area contributed by atoms with Crippen LogP contribution in [0.4, 0.5) is 18.0 Å². The van der Waals surface area contributed by atoms with Gasteiger partial charge in [0.1, 0.15) is 0 Å². The predicted molar refractivity (Wildman–Crippen MR) is 64.5 cm³/mol. The van der Waals surface area contributed by atoms with Crippen molar-refractivity contribution >= 4 is 6.03 Å². The molecule has 0 heterocycles. The van der Waals surface area contributed by atoms with E-state index in [2.05, 4.69) is 10.6 Å². The van der Waals surface area contributed by atoms with E-state index in [4.69, 9.17) is 0 Å². The molecule has 2 N–H and O–H groups in total. The number of amides is 2. The molecular formula is C13H15F3N2O.